The minimum atomic E-state index is 0.140. The predicted molar refractivity (Wildman–Crippen MR) is 73.9 cm³/mol. The number of nitrogens with zero attached hydrogens (tertiary/aromatic N) is 1. The SMILES string of the molecule is Cc1ccc(C(=O)N(C)C2CCCNC2)c(C)c1. The van der Waals surface area contributed by atoms with Gasteiger partial charge >= 0.3 is 0 Å². The first kappa shape index (κ1) is 13.1. The molecule has 2 rings (SSSR count). The highest BCUT2D eigenvalue weighted by atomic mass is 16.2. The van der Waals surface area contributed by atoms with E-state index in [1.165, 1.54) is 5.56 Å². The summed E-state index contributed by atoms with van der Waals surface area (Å²) in [5.74, 6) is 0.140. The highest BCUT2D eigenvalue weighted by molar-refractivity contribution is 5.95. The van der Waals surface area contributed by atoms with Gasteiger partial charge in [-0.05, 0) is 44.9 Å². The maximum absolute atomic E-state index is 12.5. The van der Waals surface area contributed by atoms with Crippen LogP contribution in [0.4, 0.5) is 0 Å². The molecule has 3 heteroatoms. The lowest BCUT2D eigenvalue weighted by Gasteiger charge is -2.32. The van der Waals surface area contributed by atoms with Crippen molar-refractivity contribution in [1.29, 1.82) is 0 Å². The number of aryl methyl sites for hydroxylation is 2. The van der Waals surface area contributed by atoms with Gasteiger partial charge in [-0.25, -0.2) is 0 Å². The molecule has 0 radical (unpaired) electrons. The molecule has 0 spiro atoms. The van der Waals surface area contributed by atoms with Crippen molar-refractivity contribution >= 4 is 5.91 Å². The molecule has 0 aliphatic carbocycles. The molecule has 1 amide bonds. The zero-order valence-electron chi connectivity index (χ0n) is 11.5. The Hall–Kier alpha value is -1.35. The van der Waals surface area contributed by atoms with Crippen molar-refractivity contribution in [3.8, 4) is 0 Å². The monoisotopic (exact) mass is 246 g/mol. The van der Waals surface area contributed by atoms with E-state index in [2.05, 4.69) is 18.3 Å². The number of hydrogen-bond donors (Lipinski definition) is 1. The molecule has 1 fully saturated rings. The Morgan fingerprint density at radius 2 is 2.17 bits per heavy atom. The van der Waals surface area contributed by atoms with E-state index in [1.54, 1.807) is 0 Å². The van der Waals surface area contributed by atoms with E-state index in [1.807, 2.05) is 31.0 Å². The van der Waals surface area contributed by atoms with Gasteiger partial charge in [0.1, 0.15) is 0 Å². The Balaban J connectivity index is 2.14. The van der Waals surface area contributed by atoms with Crippen LogP contribution in [0.15, 0.2) is 18.2 Å². The smallest absolute Gasteiger partial charge is 0.254 e. The van der Waals surface area contributed by atoms with Gasteiger partial charge in [-0.1, -0.05) is 17.7 Å². The lowest BCUT2D eigenvalue weighted by Crippen LogP contribution is -2.46. The van der Waals surface area contributed by atoms with Gasteiger partial charge in [0.15, 0.2) is 0 Å². The first-order valence-electron chi connectivity index (χ1n) is 6.64. The van der Waals surface area contributed by atoms with Crippen LogP contribution in [0, 0.1) is 13.8 Å². The third-order valence-corrected chi connectivity index (χ3v) is 3.75. The summed E-state index contributed by atoms with van der Waals surface area (Å²) < 4.78 is 0. The van der Waals surface area contributed by atoms with Crippen molar-refractivity contribution < 1.29 is 4.79 Å². The van der Waals surface area contributed by atoms with Crippen molar-refractivity contribution in [2.24, 2.45) is 0 Å². The summed E-state index contributed by atoms with van der Waals surface area (Å²) in [6.07, 6.45) is 2.25. The van der Waals surface area contributed by atoms with Crippen LogP contribution in [-0.4, -0.2) is 37.0 Å². The second-order valence-electron chi connectivity index (χ2n) is 5.23. The van der Waals surface area contributed by atoms with Crippen LogP contribution in [0.5, 0.6) is 0 Å². The summed E-state index contributed by atoms with van der Waals surface area (Å²) >= 11 is 0. The zero-order chi connectivity index (χ0) is 13.1. The summed E-state index contributed by atoms with van der Waals surface area (Å²) in [7, 11) is 1.92. The van der Waals surface area contributed by atoms with Crippen molar-refractivity contribution in [1.82, 2.24) is 10.2 Å². The van der Waals surface area contributed by atoms with Crippen LogP contribution in [-0.2, 0) is 0 Å². The number of benzene rings is 1. The lowest BCUT2D eigenvalue weighted by atomic mass is 10.0. The predicted octanol–water partition coefficient (Wildman–Crippen LogP) is 2.13. The molecule has 1 aliphatic heterocycles. The van der Waals surface area contributed by atoms with Gasteiger partial charge in [0.2, 0.25) is 0 Å². The number of likely N-dealkylation sites (N-methyl/N-ethyl adjacent to an activating group) is 1. The Kier molecular flexibility index (Phi) is 4.02. The molecule has 18 heavy (non-hydrogen) atoms. The van der Waals surface area contributed by atoms with E-state index >= 15 is 0 Å². The van der Waals surface area contributed by atoms with Crippen LogP contribution in [0.1, 0.15) is 34.3 Å². The number of hydrogen-bond acceptors (Lipinski definition) is 2. The van der Waals surface area contributed by atoms with E-state index < -0.39 is 0 Å². The second kappa shape index (κ2) is 5.53. The van der Waals surface area contributed by atoms with Gasteiger partial charge in [-0.15, -0.1) is 0 Å². The largest absolute Gasteiger partial charge is 0.337 e. The molecule has 1 aromatic carbocycles. The average molecular weight is 246 g/mol. The standard InChI is InChI=1S/C15H22N2O/c1-11-6-7-14(12(2)9-11)15(18)17(3)13-5-4-8-16-10-13/h6-7,9,13,16H,4-5,8,10H2,1-3H3. The fraction of sp³-hybridized carbons (Fsp3) is 0.533. The van der Waals surface area contributed by atoms with E-state index in [9.17, 15) is 4.79 Å². The van der Waals surface area contributed by atoms with E-state index in [0.29, 0.717) is 6.04 Å². The number of carbonyl (C=O) groups is 1. The maximum Gasteiger partial charge on any atom is 0.254 e. The van der Waals surface area contributed by atoms with Gasteiger partial charge in [0.25, 0.3) is 5.91 Å². The molecule has 1 aliphatic rings. The lowest BCUT2D eigenvalue weighted by molar-refractivity contribution is 0.0707. The molecule has 0 aromatic heterocycles. The highest BCUT2D eigenvalue weighted by Crippen LogP contribution is 2.16. The van der Waals surface area contributed by atoms with Gasteiger partial charge in [-0.3, -0.25) is 4.79 Å². The number of carbonyl (C=O) groups excluding carboxylic acids is 1. The minimum absolute atomic E-state index is 0.140. The Bertz CT molecular complexity index is 436. The van der Waals surface area contributed by atoms with Crippen LogP contribution >= 0.6 is 0 Å². The fourth-order valence-electron chi connectivity index (χ4n) is 2.57. The second-order valence-corrected chi connectivity index (χ2v) is 5.23. The van der Waals surface area contributed by atoms with Crippen molar-refractivity contribution in [2.75, 3.05) is 20.1 Å². The molecule has 98 valence electrons. The van der Waals surface area contributed by atoms with E-state index in [0.717, 1.165) is 37.1 Å². The Labute approximate surface area is 109 Å². The highest BCUT2D eigenvalue weighted by Gasteiger charge is 2.23. The molecule has 1 saturated heterocycles. The Morgan fingerprint density at radius 3 is 2.78 bits per heavy atom. The molecule has 0 saturated carbocycles. The van der Waals surface area contributed by atoms with Gasteiger partial charge in [-0.2, -0.15) is 0 Å². The Morgan fingerprint density at radius 1 is 1.39 bits per heavy atom. The van der Waals surface area contributed by atoms with E-state index in [-0.39, 0.29) is 5.91 Å². The normalized spacial score (nSPS) is 19.6. The van der Waals surface area contributed by atoms with Crippen LogP contribution < -0.4 is 5.32 Å². The topological polar surface area (TPSA) is 32.3 Å². The first-order valence-corrected chi connectivity index (χ1v) is 6.64. The van der Waals surface area contributed by atoms with Gasteiger partial charge in [0, 0.05) is 25.2 Å². The maximum atomic E-state index is 12.5. The van der Waals surface area contributed by atoms with Crippen LogP contribution in [0.2, 0.25) is 0 Å². The summed E-state index contributed by atoms with van der Waals surface area (Å²) in [5.41, 5.74) is 3.09. The van der Waals surface area contributed by atoms with Crippen molar-refractivity contribution in [3.63, 3.8) is 0 Å². The summed E-state index contributed by atoms with van der Waals surface area (Å²) in [6, 6.07) is 6.35. The minimum Gasteiger partial charge on any atom is -0.337 e. The van der Waals surface area contributed by atoms with E-state index in [4.69, 9.17) is 0 Å². The number of rotatable bonds is 2. The molecular weight excluding hydrogens is 224 g/mol. The van der Waals surface area contributed by atoms with Crippen molar-refractivity contribution in [3.05, 3.63) is 34.9 Å². The first-order chi connectivity index (χ1) is 8.59. The number of nitrogens with one attached hydrogen (secondary N) is 1. The molecule has 1 heterocycles. The number of piperidine rings is 1. The fourth-order valence-corrected chi connectivity index (χ4v) is 2.57. The third-order valence-electron chi connectivity index (χ3n) is 3.75. The quantitative estimate of drug-likeness (QED) is 0.867. The molecule has 1 aromatic rings. The zero-order valence-corrected chi connectivity index (χ0v) is 11.5. The summed E-state index contributed by atoms with van der Waals surface area (Å²) in [5, 5.41) is 3.35. The van der Waals surface area contributed by atoms with Gasteiger partial charge < -0.3 is 10.2 Å². The third kappa shape index (κ3) is 2.72. The van der Waals surface area contributed by atoms with Crippen LogP contribution in [0.3, 0.4) is 0 Å². The molecule has 0 bridgehead atoms. The number of amides is 1. The molecule has 1 N–H and O–H groups in total. The molecule has 1 unspecified atom stereocenters. The molecule has 3 nitrogen and oxygen atoms in total. The average Bonchev–Trinajstić information content (AvgIpc) is 2.38. The molecular formula is C15H22N2O. The van der Waals surface area contributed by atoms with Crippen LogP contribution in [0.25, 0.3) is 0 Å². The van der Waals surface area contributed by atoms with Gasteiger partial charge in [0.05, 0.1) is 0 Å². The summed E-state index contributed by atoms with van der Waals surface area (Å²) in [6.45, 7) is 6.04. The van der Waals surface area contributed by atoms with Crippen molar-refractivity contribution in [2.45, 2.75) is 32.7 Å². The summed E-state index contributed by atoms with van der Waals surface area (Å²) in [4.78, 5) is 14.4. The molecule has 1 atom stereocenters.